The molecule has 0 bridgehead atoms. The molecule has 1 aromatic heterocycles. The zero-order chi connectivity index (χ0) is 16.4. The van der Waals surface area contributed by atoms with Gasteiger partial charge in [-0.2, -0.15) is 10.1 Å². The third kappa shape index (κ3) is 3.73. The lowest BCUT2D eigenvalue weighted by Gasteiger charge is -2.31. The molecule has 2 aliphatic heterocycles. The fourth-order valence-corrected chi connectivity index (χ4v) is 5.13. The molecule has 2 saturated heterocycles. The number of nitrogens with zero attached hydrogens (tertiary/aromatic N) is 5. The van der Waals surface area contributed by atoms with E-state index < -0.39 is 9.84 Å². The van der Waals surface area contributed by atoms with E-state index in [1.807, 2.05) is 6.92 Å². The van der Waals surface area contributed by atoms with Crippen LogP contribution in [0.1, 0.15) is 33.1 Å². The number of hydrogen-bond acceptors (Lipinski definition) is 7. The van der Waals surface area contributed by atoms with Crippen LogP contribution in [0.3, 0.4) is 0 Å². The second kappa shape index (κ2) is 6.59. The van der Waals surface area contributed by atoms with Gasteiger partial charge in [-0.3, -0.25) is 0 Å². The summed E-state index contributed by atoms with van der Waals surface area (Å²) in [6.07, 6.45) is 4.60. The molecule has 0 radical (unpaired) electrons. The minimum absolute atomic E-state index is 0.00377. The van der Waals surface area contributed by atoms with Crippen molar-refractivity contribution >= 4 is 21.6 Å². The van der Waals surface area contributed by atoms with Crippen molar-refractivity contribution in [2.75, 3.05) is 40.9 Å². The molecule has 0 aliphatic carbocycles. The number of piperidine rings is 1. The van der Waals surface area contributed by atoms with E-state index in [1.54, 1.807) is 6.20 Å². The van der Waals surface area contributed by atoms with Gasteiger partial charge in [0.05, 0.1) is 17.7 Å². The van der Waals surface area contributed by atoms with E-state index in [2.05, 4.69) is 31.9 Å². The summed E-state index contributed by atoms with van der Waals surface area (Å²) in [6.45, 7) is 6.92. The van der Waals surface area contributed by atoms with Crippen LogP contribution in [-0.2, 0) is 9.84 Å². The molecule has 23 heavy (non-hydrogen) atoms. The van der Waals surface area contributed by atoms with Crippen molar-refractivity contribution in [3.8, 4) is 0 Å². The highest BCUT2D eigenvalue weighted by molar-refractivity contribution is 7.91. The normalized spacial score (nSPS) is 24.8. The van der Waals surface area contributed by atoms with Gasteiger partial charge in [-0.25, -0.2) is 8.42 Å². The van der Waals surface area contributed by atoms with E-state index in [1.165, 1.54) is 0 Å². The summed E-state index contributed by atoms with van der Waals surface area (Å²) in [7, 11) is -2.91. The Bertz CT molecular complexity index is 643. The van der Waals surface area contributed by atoms with Crippen molar-refractivity contribution in [2.24, 2.45) is 5.92 Å². The van der Waals surface area contributed by atoms with Crippen LogP contribution >= 0.6 is 0 Å². The van der Waals surface area contributed by atoms with Gasteiger partial charge in [-0.1, -0.05) is 6.92 Å². The predicted octanol–water partition coefficient (Wildman–Crippen LogP) is 1.12. The van der Waals surface area contributed by atoms with E-state index >= 15 is 0 Å². The first-order valence-corrected chi connectivity index (χ1v) is 10.2. The summed E-state index contributed by atoms with van der Waals surface area (Å²) in [4.78, 5) is 8.90. The Morgan fingerprint density at radius 2 is 2.04 bits per heavy atom. The molecule has 3 heterocycles. The van der Waals surface area contributed by atoms with Crippen molar-refractivity contribution in [3.63, 3.8) is 0 Å². The molecule has 8 heteroatoms. The Hall–Kier alpha value is -1.44. The average Bonchev–Trinajstić information content (AvgIpc) is 2.89. The van der Waals surface area contributed by atoms with Gasteiger partial charge in [-0.05, 0) is 32.1 Å². The molecule has 0 saturated carbocycles. The number of sulfone groups is 1. The van der Waals surface area contributed by atoms with Gasteiger partial charge in [0.15, 0.2) is 15.7 Å². The standard InChI is InChI=1S/C15H25N5O2S/c1-3-20(13-6-9-23(21,22)11-13)14-10-16-18-15(17-14)19-7-4-12(2)5-8-19/h10,12-13H,3-9,11H2,1-2H3. The molecule has 1 aromatic rings. The second-order valence-electron chi connectivity index (χ2n) is 6.63. The monoisotopic (exact) mass is 339 g/mol. The third-order valence-corrected chi connectivity index (χ3v) is 6.64. The van der Waals surface area contributed by atoms with Gasteiger partial charge in [0, 0.05) is 25.7 Å². The van der Waals surface area contributed by atoms with Gasteiger partial charge in [-0.15, -0.1) is 5.10 Å². The zero-order valence-electron chi connectivity index (χ0n) is 13.8. The first-order chi connectivity index (χ1) is 11.0. The van der Waals surface area contributed by atoms with Crippen LogP contribution in [0.2, 0.25) is 0 Å². The Kier molecular flexibility index (Phi) is 4.70. The summed E-state index contributed by atoms with van der Waals surface area (Å²) >= 11 is 0. The molecule has 2 fully saturated rings. The van der Waals surface area contributed by atoms with E-state index in [-0.39, 0.29) is 17.5 Å². The molecule has 0 amide bonds. The van der Waals surface area contributed by atoms with Gasteiger partial charge in [0.1, 0.15) is 0 Å². The Morgan fingerprint density at radius 3 is 2.65 bits per heavy atom. The SMILES string of the molecule is CCN(c1cnnc(N2CCC(C)CC2)n1)C1CCS(=O)(=O)C1. The first-order valence-electron chi connectivity index (χ1n) is 8.40. The average molecular weight is 339 g/mol. The number of aromatic nitrogens is 3. The quantitative estimate of drug-likeness (QED) is 0.813. The molecule has 3 rings (SSSR count). The highest BCUT2D eigenvalue weighted by atomic mass is 32.2. The molecule has 0 spiro atoms. The van der Waals surface area contributed by atoms with Gasteiger partial charge in [0.2, 0.25) is 5.95 Å². The minimum Gasteiger partial charge on any atom is -0.351 e. The van der Waals surface area contributed by atoms with Crippen LogP contribution in [0.5, 0.6) is 0 Å². The lowest BCUT2D eigenvalue weighted by Crippen LogP contribution is -2.38. The fraction of sp³-hybridized carbons (Fsp3) is 0.800. The third-order valence-electron chi connectivity index (χ3n) is 4.89. The first kappa shape index (κ1) is 16.4. The predicted molar refractivity (Wildman–Crippen MR) is 90.5 cm³/mol. The molecular weight excluding hydrogens is 314 g/mol. The van der Waals surface area contributed by atoms with E-state index in [0.29, 0.717) is 12.4 Å². The summed E-state index contributed by atoms with van der Waals surface area (Å²) in [5, 5.41) is 8.29. The van der Waals surface area contributed by atoms with E-state index in [0.717, 1.165) is 44.2 Å². The highest BCUT2D eigenvalue weighted by Crippen LogP contribution is 2.25. The zero-order valence-corrected chi connectivity index (χ0v) is 14.7. The van der Waals surface area contributed by atoms with Crippen LogP contribution in [0.15, 0.2) is 6.20 Å². The van der Waals surface area contributed by atoms with Crippen LogP contribution < -0.4 is 9.80 Å². The maximum atomic E-state index is 11.8. The van der Waals surface area contributed by atoms with Gasteiger partial charge >= 0.3 is 0 Å². The van der Waals surface area contributed by atoms with Crippen molar-refractivity contribution < 1.29 is 8.42 Å². The number of hydrogen-bond donors (Lipinski definition) is 0. The molecule has 128 valence electrons. The Labute approximate surface area is 138 Å². The Balaban J connectivity index is 1.78. The molecular formula is C15H25N5O2S. The smallest absolute Gasteiger partial charge is 0.247 e. The van der Waals surface area contributed by atoms with Gasteiger partial charge in [0.25, 0.3) is 0 Å². The van der Waals surface area contributed by atoms with Crippen LogP contribution in [-0.4, -0.2) is 60.8 Å². The van der Waals surface area contributed by atoms with Crippen LogP contribution in [0, 0.1) is 5.92 Å². The maximum absolute atomic E-state index is 11.8. The lowest BCUT2D eigenvalue weighted by molar-refractivity contribution is 0.433. The minimum atomic E-state index is -2.91. The van der Waals surface area contributed by atoms with Crippen molar-refractivity contribution in [1.29, 1.82) is 0 Å². The largest absolute Gasteiger partial charge is 0.351 e. The lowest BCUT2D eigenvalue weighted by atomic mass is 10.00. The van der Waals surface area contributed by atoms with Crippen LogP contribution in [0.25, 0.3) is 0 Å². The molecule has 1 atom stereocenters. The summed E-state index contributed by atoms with van der Waals surface area (Å²) in [6, 6.07) is -0.00377. The van der Waals surface area contributed by atoms with E-state index in [9.17, 15) is 8.42 Å². The van der Waals surface area contributed by atoms with Crippen molar-refractivity contribution in [2.45, 2.75) is 39.2 Å². The number of anilines is 2. The summed E-state index contributed by atoms with van der Waals surface area (Å²) in [5.41, 5.74) is 0. The molecule has 1 unspecified atom stereocenters. The molecule has 2 aliphatic rings. The van der Waals surface area contributed by atoms with Crippen molar-refractivity contribution in [1.82, 2.24) is 15.2 Å². The topological polar surface area (TPSA) is 79.3 Å². The second-order valence-corrected chi connectivity index (χ2v) is 8.86. The molecule has 0 aromatic carbocycles. The van der Waals surface area contributed by atoms with Gasteiger partial charge < -0.3 is 9.80 Å². The maximum Gasteiger partial charge on any atom is 0.247 e. The van der Waals surface area contributed by atoms with Crippen molar-refractivity contribution in [3.05, 3.63) is 6.20 Å². The Morgan fingerprint density at radius 1 is 1.30 bits per heavy atom. The summed E-state index contributed by atoms with van der Waals surface area (Å²) in [5.74, 6) is 2.62. The van der Waals surface area contributed by atoms with E-state index in [4.69, 9.17) is 0 Å². The highest BCUT2D eigenvalue weighted by Gasteiger charge is 2.32. The van der Waals surface area contributed by atoms with Crippen LogP contribution in [0.4, 0.5) is 11.8 Å². The molecule has 7 nitrogen and oxygen atoms in total. The molecule has 0 N–H and O–H groups in total. The fourth-order valence-electron chi connectivity index (χ4n) is 3.40. The summed E-state index contributed by atoms with van der Waals surface area (Å²) < 4.78 is 23.5. The number of rotatable bonds is 4.